The molecule has 1 aromatic rings. The number of nitrogens with zero attached hydrogens (tertiary/aromatic N) is 1. The third-order valence-electron chi connectivity index (χ3n) is 4.57. The molecule has 1 saturated carbocycles. The molecule has 1 aliphatic rings. The van der Waals surface area contributed by atoms with Gasteiger partial charge in [-0.2, -0.15) is 0 Å². The van der Waals surface area contributed by atoms with E-state index in [1.807, 2.05) is 0 Å². The maximum atomic E-state index is 3.64. The molecule has 1 N–H and O–H groups in total. The second-order valence-corrected chi connectivity index (χ2v) is 6.11. The van der Waals surface area contributed by atoms with Gasteiger partial charge in [-0.25, -0.2) is 0 Å². The van der Waals surface area contributed by atoms with Crippen LogP contribution in [0.5, 0.6) is 0 Å². The van der Waals surface area contributed by atoms with E-state index in [0.717, 1.165) is 19.1 Å². The van der Waals surface area contributed by atoms with Crippen molar-refractivity contribution in [2.75, 3.05) is 20.1 Å². The number of rotatable bonds is 6. The quantitative estimate of drug-likeness (QED) is 0.789. The Labute approximate surface area is 124 Å². The van der Waals surface area contributed by atoms with E-state index in [4.69, 9.17) is 0 Å². The van der Waals surface area contributed by atoms with Crippen LogP contribution in [0.25, 0.3) is 0 Å². The summed E-state index contributed by atoms with van der Waals surface area (Å²) in [4.78, 5) is 2.59. The molecule has 1 atom stereocenters. The van der Waals surface area contributed by atoms with Crippen LogP contribution >= 0.6 is 0 Å². The summed E-state index contributed by atoms with van der Waals surface area (Å²) in [7, 11) is 2.31. The Hall–Kier alpha value is -0.860. The molecular weight excluding hydrogens is 244 g/mol. The molecule has 0 spiro atoms. The Morgan fingerprint density at radius 1 is 1.10 bits per heavy atom. The number of nitrogens with one attached hydrogen (secondary N) is 1. The van der Waals surface area contributed by atoms with Gasteiger partial charge in [0.1, 0.15) is 0 Å². The van der Waals surface area contributed by atoms with E-state index in [1.54, 1.807) is 0 Å². The Balaban J connectivity index is 1.96. The number of hydrogen-bond acceptors (Lipinski definition) is 2. The highest BCUT2D eigenvalue weighted by molar-refractivity contribution is 5.19. The zero-order valence-electron chi connectivity index (χ0n) is 13.1. The summed E-state index contributed by atoms with van der Waals surface area (Å²) < 4.78 is 0. The average Bonchev–Trinajstić information content (AvgIpc) is 2.77. The molecule has 0 heterocycles. The Morgan fingerprint density at radius 2 is 1.75 bits per heavy atom. The number of likely N-dealkylation sites (N-methyl/N-ethyl adjacent to an activating group) is 2. The largest absolute Gasteiger partial charge is 0.309 e. The maximum Gasteiger partial charge on any atom is 0.0449 e. The lowest BCUT2D eigenvalue weighted by Crippen LogP contribution is -2.38. The van der Waals surface area contributed by atoms with Gasteiger partial charge in [-0.3, -0.25) is 0 Å². The monoisotopic (exact) mass is 274 g/mol. The predicted octanol–water partition coefficient (Wildman–Crippen LogP) is 3.99. The lowest BCUT2D eigenvalue weighted by molar-refractivity contribution is 0.199. The van der Waals surface area contributed by atoms with Crippen molar-refractivity contribution in [2.45, 2.75) is 57.5 Å². The van der Waals surface area contributed by atoms with E-state index in [2.05, 4.69) is 54.5 Å². The summed E-state index contributed by atoms with van der Waals surface area (Å²) in [5.74, 6) is 0. The van der Waals surface area contributed by atoms with Gasteiger partial charge in [-0.15, -0.1) is 0 Å². The van der Waals surface area contributed by atoms with Crippen molar-refractivity contribution in [2.24, 2.45) is 0 Å². The minimum absolute atomic E-state index is 0.453. The molecule has 1 fully saturated rings. The molecule has 1 unspecified atom stereocenters. The average molecular weight is 274 g/mol. The lowest BCUT2D eigenvalue weighted by Gasteiger charge is -2.31. The third kappa shape index (κ3) is 4.60. The fraction of sp³-hybridized carbons (Fsp3) is 0.667. The van der Waals surface area contributed by atoms with E-state index in [0.29, 0.717) is 6.04 Å². The number of hydrogen-bond donors (Lipinski definition) is 1. The smallest absolute Gasteiger partial charge is 0.0449 e. The molecule has 20 heavy (non-hydrogen) atoms. The van der Waals surface area contributed by atoms with Gasteiger partial charge in [-0.1, -0.05) is 62.9 Å². The molecule has 2 nitrogen and oxygen atoms in total. The van der Waals surface area contributed by atoms with Crippen LogP contribution in [-0.2, 0) is 0 Å². The Morgan fingerprint density at radius 3 is 2.35 bits per heavy atom. The highest BCUT2D eigenvalue weighted by Gasteiger charge is 2.20. The van der Waals surface area contributed by atoms with Crippen molar-refractivity contribution in [3.8, 4) is 0 Å². The van der Waals surface area contributed by atoms with Crippen LogP contribution in [0, 0.1) is 0 Å². The van der Waals surface area contributed by atoms with E-state index >= 15 is 0 Å². The van der Waals surface area contributed by atoms with Crippen molar-refractivity contribution in [1.29, 1.82) is 0 Å². The zero-order chi connectivity index (χ0) is 14.2. The van der Waals surface area contributed by atoms with Gasteiger partial charge in [0.25, 0.3) is 0 Å². The predicted molar refractivity (Wildman–Crippen MR) is 87.0 cm³/mol. The second-order valence-electron chi connectivity index (χ2n) is 6.11. The molecular formula is C18H30N2. The normalized spacial score (nSPS) is 18.9. The molecule has 0 bridgehead atoms. The summed E-state index contributed by atoms with van der Waals surface area (Å²) in [6, 6.07) is 12.1. The van der Waals surface area contributed by atoms with Gasteiger partial charge in [0.2, 0.25) is 0 Å². The first-order chi connectivity index (χ1) is 9.81. The minimum atomic E-state index is 0.453. The van der Waals surface area contributed by atoms with Crippen molar-refractivity contribution in [3.63, 3.8) is 0 Å². The van der Waals surface area contributed by atoms with Gasteiger partial charge in [0.05, 0.1) is 0 Å². The SMILES string of the molecule is CCNC(CN(C)C1CCCCCC1)c1ccccc1. The van der Waals surface area contributed by atoms with Crippen molar-refractivity contribution in [3.05, 3.63) is 35.9 Å². The third-order valence-corrected chi connectivity index (χ3v) is 4.57. The van der Waals surface area contributed by atoms with Crippen LogP contribution in [0.3, 0.4) is 0 Å². The van der Waals surface area contributed by atoms with Gasteiger partial charge < -0.3 is 10.2 Å². The molecule has 2 heteroatoms. The summed E-state index contributed by atoms with van der Waals surface area (Å²) in [5.41, 5.74) is 1.41. The first-order valence-corrected chi connectivity index (χ1v) is 8.30. The molecule has 2 rings (SSSR count). The highest BCUT2D eigenvalue weighted by Crippen LogP contribution is 2.23. The van der Waals surface area contributed by atoms with Crippen molar-refractivity contribution < 1.29 is 0 Å². The van der Waals surface area contributed by atoms with Crippen LogP contribution < -0.4 is 5.32 Å². The standard InChI is InChI=1S/C18H30N2/c1-3-19-18(16-11-7-6-8-12-16)15-20(2)17-13-9-4-5-10-14-17/h6-8,11-12,17-19H,3-5,9-10,13-15H2,1-2H3. The highest BCUT2D eigenvalue weighted by atomic mass is 15.2. The summed E-state index contributed by atoms with van der Waals surface area (Å²) in [5, 5.41) is 3.64. The summed E-state index contributed by atoms with van der Waals surface area (Å²) in [6.45, 7) is 4.34. The minimum Gasteiger partial charge on any atom is -0.309 e. The van der Waals surface area contributed by atoms with Gasteiger partial charge in [0.15, 0.2) is 0 Å². The van der Waals surface area contributed by atoms with Crippen LogP contribution in [-0.4, -0.2) is 31.1 Å². The van der Waals surface area contributed by atoms with Crippen LogP contribution in [0.2, 0.25) is 0 Å². The van der Waals surface area contributed by atoms with Gasteiger partial charge in [-0.05, 0) is 32.0 Å². The Bertz CT molecular complexity index is 355. The topological polar surface area (TPSA) is 15.3 Å². The number of benzene rings is 1. The molecule has 0 saturated heterocycles. The first kappa shape index (κ1) is 15.5. The van der Waals surface area contributed by atoms with E-state index < -0.39 is 0 Å². The fourth-order valence-corrected chi connectivity index (χ4v) is 3.36. The van der Waals surface area contributed by atoms with Gasteiger partial charge in [0, 0.05) is 18.6 Å². The summed E-state index contributed by atoms with van der Waals surface area (Å²) in [6.07, 6.45) is 8.44. The van der Waals surface area contributed by atoms with Gasteiger partial charge >= 0.3 is 0 Å². The first-order valence-electron chi connectivity index (χ1n) is 8.30. The van der Waals surface area contributed by atoms with Crippen molar-refractivity contribution >= 4 is 0 Å². The second kappa shape index (κ2) is 8.43. The zero-order valence-corrected chi connectivity index (χ0v) is 13.1. The Kier molecular flexibility index (Phi) is 6.55. The van der Waals surface area contributed by atoms with Crippen LogP contribution in [0.1, 0.15) is 57.1 Å². The molecule has 0 aliphatic heterocycles. The molecule has 112 valence electrons. The molecule has 0 amide bonds. The van der Waals surface area contributed by atoms with E-state index in [9.17, 15) is 0 Å². The van der Waals surface area contributed by atoms with Crippen molar-refractivity contribution in [1.82, 2.24) is 10.2 Å². The maximum absolute atomic E-state index is 3.64. The lowest BCUT2D eigenvalue weighted by atomic mass is 10.0. The van der Waals surface area contributed by atoms with E-state index in [-0.39, 0.29) is 0 Å². The molecule has 0 aromatic heterocycles. The molecule has 1 aromatic carbocycles. The fourth-order valence-electron chi connectivity index (χ4n) is 3.36. The van der Waals surface area contributed by atoms with E-state index in [1.165, 1.54) is 44.1 Å². The van der Waals surface area contributed by atoms with Crippen LogP contribution in [0.15, 0.2) is 30.3 Å². The molecule has 0 radical (unpaired) electrons. The molecule has 1 aliphatic carbocycles. The van der Waals surface area contributed by atoms with Crippen LogP contribution in [0.4, 0.5) is 0 Å². The summed E-state index contributed by atoms with van der Waals surface area (Å²) >= 11 is 0.